The highest BCUT2D eigenvalue weighted by Crippen LogP contribution is 2.29. The number of halogens is 1. The van der Waals surface area contributed by atoms with Crippen molar-refractivity contribution in [3.05, 3.63) is 113 Å². The zero-order chi connectivity index (χ0) is 28.0. The summed E-state index contributed by atoms with van der Waals surface area (Å²) in [7, 11) is -2.34. The van der Waals surface area contributed by atoms with E-state index in [2.05, 4.69) is 5.32 Å². The van der Waals surface area contributed by atoms with Crippen LogP contribution in [0, 0.1) is 0 Å². The number of carbonyl (C=O) groups excluding carboxylic acids is 2. The lowest BCUT2D eigenvalue weighted by Crippen LogP contribution is -2.52. The van der Waals surface area contributed by atoms with Crippen LogP contribution in [0.5, 0.6) is 0 Å². The van der Waals surface area contributed by atoms with Gasteiger partial charge in [0.25, 0.3) is 0 Å². The van der Waals surface area contributed by atoms with Crippen molar-refractivity contribution in [3.63, 3.8) is 0 Å². The third-order valence-corrected chi connectivity index (χ3v) is 7.88. The summed E-state index contributed by atoms with van der Waals surface area (Å²) in [4.78, 5) is 28.7. The predicted molar refractivity (Wildman–Crippen MR) is 156 cm³/mol. The lowest BCUT2D eigenvalue weighted by atomic mass is 10.0. The van der Waals surface area contributed by atoms with E-state index in [1.807, 2.05) is 60.7 Å². The molecule has 0 aliphatic heterocycles. The molecule has 0 unspecified atom stereocenters. The van der Waals surface area contributed by atoms with E-state index >= 15 is 0 Å². The average Bonchev–Trinajstić information content (AvgIpc) is 2.93. The lowest BCUT2D eigenvalue weighted by Gasteiger charge is -2.33. The Morgan fingerprint density at radius 3 is 2.15 bits per heavy atom. The van der Waals surface area contributed by atoms with Crippen LogP contribution in [-0.4, -0.2) is 51.0 Å². The van der Waals surface area contributed by atoms with Gasteiger partial charge in [0.1, 0.15) is 12.6 Å². The minimum absolute atomic E-state index is 0.0913. The Hall–Kier alpha value is -3.88. The second kappa shape index (κ2) is 12.3. The first-order valence-corrected chi connectivity index (χ1v) is 14.6. The molecule has 0 aromatic heterocycles. The third-order valence-electron chi connectivity index (χ3n) is 6.50. The molecule has 2 amide bonds. The molecule has 0 heterocycles. The van der Waals surface area contributed by atoms with Crippen LogP contribution in [0.25, 0.3) is 10.8 Å². The van der Waals surface area contributed by atoms with Crippen LogP contribution < -0.4 is 9.62 Å². The van der Waals surface area contributed by atoms with Gasteiger partial charge in [-0.15, -0.1) is 0 Å². The van der Waals surface area contributed by atoms with Gasteiger partial charge in [0.05, 0.1) is 11.9 Å². The van der Waals surface area contributed by atoms with Crippen LogP contribution in [0.2, 0.25) is 5.02 Å². The highest BCUT2D eigenvalue weighted by atomic mass is 35.5. The van der Waals surface area contributed by atoms with E-state index < -0.39 is 28.5 Å². The quantitative estimate of drug-likeness (QED) is 0.304. The number of likely N-dealkylation sites (N-methyl/N-ethyl adjacent to an activating group) is 1. The zero-order valence-electron chi connectivity index (χ0n) is 21.7. The van der Waals surface area contributed by atoms with Crippen molar-refractivity contribution in [1.82, 2.24) is 10.2 Å². The summed E-state index contributed by atoms with van der Waals surface area (Å²) in [6.07, 6.45) is 1.33. The van der Waals surface area contributed by atoms with Crippen LogP contribution in [0.3, 0.4) is 0 Å². The van der Waals surface area contributed by atoms with E-state index in [4.69, 9.17) is 11.6 Å². The summed E-state index contributed by atoms with van der Waals surface area (Å²) in [6.45, 7) is -0.378. The maximum absolute atomic E-state index is 14.0. The molecule has 0 spiro atoms. The maximum atomic E-state index is 14.0. The average molecular weight is 564 g/mol. The Balaban J connectivity index is 1.76. The molecular weight excluding hydrogens is 534 g/mol. The summed E-state index contributed by atoms with van der Waals surface area (Å²) < 4.78 is 27.2. The first-order chi connectivity index (χ1) is 18.7. The Bertz CT molecular complexity index is 1560. The summed E-state index contributed by atoms with van der Waals surface area (Å²) in [5, 5.41) is 4.77. The highest BCUT2D eigenvalue weighted by molar-refractivity contribution is 7.92. The molecule has 4 rings (SSSR count). The minimum Gasteiger partial charge on any atom is -0.357 e. The second-order valence-electron chi connectivity index (χ2n) is 9.24. The number of nitrogens with zero attached hydrogens (tertiary/aromatic N) is 2. The first-order valence-electron chi connectivity index (χ1n) is 12.4. The van der Waals surface area contributed by atoms with Crippen molar-refractivity contribution in [2.45, 2.75) is 19.0 Å². The molecule has 0 saturated heterocycles. The Labute approximate surface area is 234 Å². The van der Waals surface area contributed by atoms with Crippen molar-refractivity contribution in [2.75, 3.05) is 24.2 Å². The monoisotopic (exact) mass is 563 g/mol. The van der Waals surface area contributed by atoms with Gasteiger partial charge < -0.3 is 10.2 Å². The van der Waals surface area contributed by atoms with Gasteiger partial charge in [-0.3, -0.25) is 13.9 Å². The number of anilines is 1. The summed E-state index contributed by atoms with van der Waals surface area (Å²) in [6, 6.07) is 28.2. The number of sulfonamides is 1. The van der Waals surface area contributed by atoms with Crippen molar-refractivity contribution >= 4 is 49.9 Å². The molecule has 202 valence electrons. The summed E-state index contributed by atoms with van der Waals surface area (Å²) in [5.74, 6) is -0.856. The molecule has 1 atom stereocenters. The molecule has 1 N–H and O–H groups in total. The molecule has 0 bridgehead atoms. The molecular formula is C30H30ClN3O4S. The van der Waals surface area contributed by atoms with Gasteiger partial charge in [-0.2, -0.15) is 0 Å². The van der Waals surface area contributed by atoms with Crippen molar-refractivity contribution in [2.24, 2.45) is 0 Å². The number of amides is 2. The van der Waals surface area contributed by atoms with Gasteiger partial charge >= 0.3 is 0 Å². The van der Waals surface area contributed by atoms with E-state index in [-0.39, 0.29) is 18.9 Å². The van der Waals surface area contributed by atoms with Gasteiger partial charge in [-0.25, -0.2) is 8.42 Å². The van der Waals surface area contributed by atoms with E-state index in [0.717, 1.165) is 27.1 Å². The Morgan fingerprint density at radius 2 is 1.49 bits per heavy atom. The van der Waals surface area contributed by atoms with Crippen LogP contribution in [0.1, 0.15) is 11.1 Å². The molecule has 0 aliphatic rings. The van der Waals surface area contributed by atoms with E-state index in [0.29, 0.717) is 16.1 Å². The van der Waals surface area contributed by atoms with Crippen molar-refractivity contribution in [3.8, 4) is 0 Å². The predicted octanol–water partition coefficient (Wildman–Crippen LogP) is 4.65. The molecule has 0 saturated carbocycles. The fraction of sp³-hybridized carbons (Fsp3) is 0.200. The Morgan fingerprint density at radius 1 is 0.846 bits per heavy atom. The molecule has 4 aromatic carbocycles. The molecule has 7 nitrogen and oxygen atoms in total. The lowest BCUT2D eigenvalue weighted by molar-refractivity contribution is -0.139. The maximum Gasteiger partial charge on any atom is 0.244 e. The largest absolute Gasteiger partial charge is 0.357 e. The van der Waals surface area contributed by atoms with Crippen LogP contribution in [-0.2, 0) is 32.6 Å². The third kappa shape index (κ3) is 6.96. The van der Waals surface area contributed by atoms with Crippen molar-refractivity contribution < 1.29 is 18.0 Å². The fourth-order valence-electron chi connectivity index (χ4n) is 4.53. The zero-order valence-corrected chi connectivity index (χ0v) is 23.3. The molecule has 39 heavy (non-hydrogen) atoms. The molecule has 0 radical (unpaired) electrons. The normalized spacial score (nSPS) is 12.1. The minimum atomic E-state index is -3.86. The number of hydrogen-bond acceptors (Lipinski definition) is 4. The smallest absolute Gasteiger partial charge is 0.244 e. The fourth-order valence-corrected chi connectivity index (χ4v) is 5.52. The molecule has 0 aliphatic carbocycles. The molecule has 0 fully saturated rings. The van der Waals surface area contributed by atoms with E-state index in [9.17, 15) is 18.0 Å². The standard InChI is InChI=1S/C30H30ClN3O4S/c1-32-30(36)28(19-22-9-4-3-5-10-22)33(20-23-15-17-25(31)18-16-23)29(35)21-34(39(2,37)38)27-14-8-12-24-11-6-7-13-26(24)27/h3-18,28H,19-21H2,1-2H3,(H,32,36)/t28-/m0/s1. The molecule has 9 heteroatoms. The van der Waals surface area contributed by atoms with Gasteiger partial charge in [-0.05, 0) is 34.7 Å². The SMILES string of the molecule is CNC(=O)[C@H](Cc1ccccc1)N(Cc1ccc(Cl)cc1)C(=O)CN(c1cccc2ccccc12)S(C)(=O)=O. The Kier molecular flexibility index (Phi) is 8.89. The van der Waals surface area contributed by atoms with Gasteiger partial charge in [0, 0.05) is 30.4 Å². The number of fused-ring (bicyclic) bond motifs is 1. The van der Waals surface area contributed by atoms with E-state index in [1.54, 1.807) is 36.4 Å². The second-order valence-corrected chi connectivity index (χ2v) is 11.6. The number of carbonyl (C=O) groups is 2. The highest BCUT2D eigenvalue weighted by Gasteiger charge is 2.33. The van der Waals surface area contributed by atoms with Gasteiger partial charge in [0.15, 0.2) is 0 Å². The van der Waals surface area contributed by atoms with Crippen molar-refractivity contribution in [1.29, 1.82) is 0 Å². The number of benzene rings is 4. The van der Waals surface area contributed by atoms with Crippen LogP contribution in [0.15, 0.2) is 97.1 Å². The number of hydrogen-bond donors (Lipinski definition) is 1. The summed E-state index contributed by atoms with van der Waals surface area (Å²) >= 11 is 6.07. The van der Waals surface area contributed by atoms with Crippen LogP contribution >= 0.6 is 11.6 Å². The number of rotatable bonds is 10. The topological polar surface area (TPSA) is 86.8 Å². The number of nitrogens with one attached hydrogen (secondary N) is 1. The van der Waals surface area contributed by atoms with Crippen LogP contribution in [0.4, 0.5) is 5.69 Å². The first kappa shape index (κ1) is 28.1. The van der Waals surface area contributed by atoms with E-state index in [1.165, 1.54) is 11.9 Å². The van der Waals surface area contributed by atoms with Gasteiger partial charge in [-0.1, -0.05) is 90.5 Å². The van der Waals surface area contributed by atoms with Gasteiger partial charge in [0.2, 0.25) is 21.8 Å². The summed E-state index contributed by atoms with van der Waals surface area (Å²) in [5.41, 5.74) is 2.02. The molecule has 4 aromatic rings.